The molecule has 0 aliphatic carbocycles. The summed E-state index contributed by atoms with van der Waals surface area (Å²) < 4.78 is 1.72. The van der Waals surface area contributed by atoms with Gasteiger partial charge in [-0.3, -0.25) is 0 Å². The van der Waals surface area contributed by atoms with Crippen LogP contribution in [0.3, 0.4) is 0 Å². The molecule has 0 fully saturated rings. The van der Waals surface area contributed by atoms with Crippen LogP contribution >= 0.6 is 0 Å². The number of tetrazole rings is 1. The fraction of sp³-hybridized carbons (Fsp3) is 0.571. The van der Waals surface area contributed by atoms with Crippen molar-refractivity contribution in [1.82, 2.24) is 20.2 Å². The molecule has 5 nitrogen and oxygen atoms in total. The Morgan fingerprint density at radius 2 is 2.42 bits per heavy atom. The Kier molecular flexibility index (Phi) is 3.40. The summed E-state index contributed by atoms with van der Waals surface area (Å²) >= 11 is 0. The second-order valence-corrected chi connectivity index (χ2v) is 2.46. The average Bonchev–Trinajstić information content (AvgIpc) is 2.50. The number of aromatic nitrogens is 4. The molecule has 0 unspecified atom stereocenters. The van der Waals surface area contributed by atoms with Gasteiger partial charge in [-0.05, 0) is 23.4 Å². The fourth-order valence-electron chi connectivity index (χ4n) is 0.927. The van der Waals surface area contributed by atoms with Crippen LogP contribution in [0.25, 0.3) is 0 Å². The molecule has 0 saturated carbocycles. The number of hydrogen-bond acceptors (Lipinski definition) is 4. The van der Waals surface area contributed by atoms with E-state index in [9.17, 15) is 0 Å². The van der Waals surface area contributed by atoms with E-state index < -0.39 is 0 Å². The van der Waals surface area contributed by atoms with Gasteiger partial charge < -0.3 is 5.73 Å². The van der Waals surface area contributed by atoms with Crippen molar-refractivity contribution in [2.24, 2.45) is 5.73 Å². The van der Waals surface area contributed by atoms with Gasteiger partial charge in [0.15, 0.2) is 5.82 Å². The summed E-state index contributed by atoms with van der Waals surface area (Å²) in [6.45, 7) is 4.94. The van der Waals surface area contributed by atoms with Crippen LogP contribution in [-0.2, 0) is 13.0 Å². The van der Waals surface area contributed by atoms with E-state index in [0.717, 1.165) is 18.7 Å². The van der Waals surface area contributed by atoms with Gasteiger partial charge in [0.05, 0.1) is 6.54 Å². The lowest BCUT2D eigenvalue weighted by atomic mass is 10.3. The van der Waals surface area contributed by atoms with Crippen molar-refractivity contribution in [1.29, 1.82) is 0 Å². The Balaban J connectivity index is 2.57. The monoisotopic (exact) mass is 167 g/mol. The van der Waals surface area contributed by atoms with Crippen molar-refractivity contribution in [3.8, 4) is 0 Å². The summed E-state index contributed by atoms with van der Waals surface area (Å²) in [5, 5.41) is 11.2. The maximum atomic E-state index is 5.37. The minimum absolute atomic E-state index is 0.660. The second-order valence-electron chi connectivity index (χ2n) is 2.46. The molecule has 1 aromatic heterocycles. The van der Waals surface area contributed by atoms with Gasteiger partial charge in [0.25, 0.3) is 0 Å². The molecule has 0 aliphatic heterocycles. The number of hydrogen-bond donors (Lipinski definition) is 1. The molecule has 12 heavy (non-hydrogen) atoms. The van der Waals surface area contributed by atoms with Crippen LogP contribution in [0.2, 0.25) is 0 Å². The number of aryl methyl sites for hydroxylation is 1. The molecular weight excluding hydrogens is 154 g/mol. The maximum Gasteiger partial charge on any atom is 0.151 e. The molecule has 0 aromatic carbocycles. The molecule has 66 valence electrons. The highest BCUT2D eigenvalue weighted by atomic mass is 15.5. The topological polar surface area (TPSA) is 69.6 Å². The Hall–Kier alpha value is -1.23. The van der Waals surface area contributed by atoms with Gasteiger partial charge >= 0.3 is 0 Å². The highest BCUT2D eigenvalue weighted by Crippen LogP contribution is 1.95. The van der Waals surface area contributed by atoms with E-state index in [0.29, 0.717) is 13.1 Å². The lowest BCUT2D eigenvalue weighted by Gasteiger charge is -1.98. The summed E-state index contributed by atoms with van der Waals surface area (Å²) in [6.07, 6.45) is 3.51. The van der Waals surface area contributed by atoms with E-state index in [1.165, 1.54) is 0 Å². The van der Waals surface area contributed by atoms with Gasteiger partial charge in [-0.15, -0.1) is 11.7 Å². The van der Waals surface area contributed by atoms with Crippen molar-refractivity contribution in [2.45, 2.75) is 19.4 Å². The van der Waals surface area contributed by atoms with Gasteiger partial charge in [0.2, 0.25) is 0 Å². The number of rotatable bonds is 5. The molecular formula is C7H13N5. The normalized spacial score (nSPS) is 10.1. The number of allylic oxidation sites excluding steroid dienone is 1. The second kappa shape index (κ2) is 4.61. The van der Waals surface area contributed by atoms with Crippen LogP contribution in [0.5, 0.6) is 0 Å². The van der Waals surface area contributed by atoms with E-state index in [1.807, 2.05) is 0 Å². The molecule has 0 bridgehead atoms. The Labute approximate surface area is 71.3 Å². The Morgan fingerprint density at radius 3 is 3.08 bits per heavy atom. The highest BCUT2D eigenvalue weighted by molar-refractivity contribution is 4.83. The summed E-state index contributed by atoms with van der Waals surface area (Å²) in [4.78, 5) is 0. The lowest BCUT2D eigenvalue weighted by Crippen LogP contribution is -2.07. The maximum absolute atomic E-state index is 5.37. The van der Waals surface area contributed by atoms with Crippen LogP contribution in [0.15, 0.2) is 12.7 Å². The van der Waals surface area contributed by atoms with Crippen LogP contribution in [0.4, 0.5) is 0 Å². The van der Waals surface area contributed by atoms with E-state index in [2.05, 4.69) is 22.1 Å². The first kappa shape index (κ1) is 8.86. The summed E-state index contributed by atoms with van der Waals surface area (Å²) in [6, 6.07) is 0. The van der Waals surface area contributed by atoms with Crippen molar-refractivity contribution in [2.75, 3.05) is 6.54 Å². The van der Waals surface area contributed by atoms with E-state index in [4.69, 9.17) is 5.73 Å². The third-order valence-corrected chi connectivity index (χ3v) is 1.51. The number of nitrogens with zero attached hydrogens (tertiary/aromatic N) is 4. The summed E-state index contributed by atoms with van der Waals surface area (Å²) in [7, 11) is 0. The molecule has 0 aliphatic rings. The molecule has 0 amide bonds. The van der Waals surface area contributed by atoms with Crippen molar-refractivity contribution < 1.29 is 0 Å². The Bertz CT molecular complexity index is 242. The van der Waals surface area contributed by atoms with Gasteiger partial charge in [-0.25, -0.2) is 4.68 Å². The molecule has 1 rings (SSSR count). The lowest BCUT2D eigenvalue weighted by molar-refractivity contribution is 0.619. The third-order valence-electron chi connectivity index (χ3n) is 1.51. The van der Waals surface area contributed by atoms with Crippen LogP contribution in [0.1, 0.15) is 12.2 Å². The standard InChI is InChI=1S/C7H13N5/c1-2-6-12-7(4-3-5-8)9-10-11-12/h2H,1,3-6,8H2. The first-order valence-electron chi connectivity index (χ1n) is 3.94. The third kappa shape index (κ3) is 2.13. The van der Waals surface area contributed by atoms with E-state index in [-0.39, 0.29) is 0 Å². The quantitative estimate of drug-likeness (QED) is 0.614. The summed E-state index contributed by atoms with van der Waals surface area (Å²) in [5.74, 6) is 0.875. The zero-order chi connectivity index (χ0) is 8.81. The van der Waals surface area contributed by atoms with Crippen LogP contribution < -0.4 is 5.73 Å². The molecule has 0 spiro atoms. The average molecular weight is 167 g/mol. The van der Waals surface area contributed by atoms with Crippen molar-refractivity contribution in [3.05, 3.63) is 18.5 Å². The first-order chi connectivity index (χ1) is 5.88. The number of nitrogens with two attached hydrogens (primary N) is 1. The van der Waals surface area contributed by atoms with Gasteiger partial charge in [0.1, 0.15) is 0 Å². The Morgan fingerprint density at radius 1 is 1.58 bits per heavy atom. The molecule has 1 heterocycles. The van der Waals surface area contributed by atoms with E-state index >= 15 is 0 Å². The minimum Gasteiger partial charge on any atom is -0.330 e. The SMILES string of the molecule is C=CCn1nnnc1CCCN. The molecule has 2 N–H and O–H groups in total. The minimum atomic E-state index is 0.660. The molecule has 0 saturated heterocycles. The van der Waals surface area contributed by atoms with Crippen molar-refractivity contribution >= 4 is 0 Å². The van der Waals surface area contributed by atoms with E-state index in [1.54, 1.807) is 10.8 Å². The first-order valence-corrected chi connectivity index (χ1v) is 3.94. The van der Waals surface area contributed by atoms with Gasteiger partial charge in [-0.1, -0.05) is 6.08 Å². The predicted molar refractivity (Wildman–Crippen MR) is 45.4 cm³/mol. The van der Waals surface area contributed by atoms with Crippen molar-refractivity contribution in [3.63, 3.8) is 0 Å². The largest absolute Gasteiger partial charge is 0.330 e. The van der Waals surface area contributed by atoms with Crippen LogP contribution in [0, 0.1) is 0 Å². The molecule has 0 radical (unpaired) electrons. The zero-order valence-corrected chi connectivity index (χ0v) is 6.98. The highest BCUT2D eigenvalue weighted by Gasteiger charge is 2.02. The molecule has 0 atom stereocenters. The summed E-state index contributed by atoms with van der Waals surface area (Å²) in [5.41, 5.74) is 5.37. The van der Waals surface area contributed by atoms with Gasteiger partial charge in [0, 0.05) is 6.42 Å². The van der Waals surface area contributed by atoms with Gasteiger partial charge in [-0.2, -0.15) is 0 Å². The molecule has 1 aromatic rings. The smallest absolute Gasteiger partial charge is 0.151 e. The molecule has 5 heteroatoms. The van der Waals surface area contributed by atoms with Crippen LogP contribution in [-0.4, -0.2) is 26.8 Å². The fourth-order valence-corrected chi connectivity index (χ4v) is 0.927. The zero-order valence-electron chi connectivity index (χ0n) is 6.98. The predicted octanol–water partition coefficient (Wildman–Crippen LogP) is -0.250.